The lowest BCUT2D eigenvalue weighted by Crippen LogP contribution is -2.21. The van der Waals surface area contributed by atoms with Crippen molar-refractivity contribution in [2.24, 2.45) is 0 Å². The molecule has 0 radical (unpaired) electrons. The number of thiophene rings is 1. The molecule has 0 aromatic carbocycles. The fraction of sp³-hybridized carbons (Fsp3) is 0.556. The molecule has 92 valence electrons. The molecule has 1 aromatic heterocycles. The molecule has 2 N–H and O–H groups in total. The predicted molar refractivity (Wildman–Crippen MR) is 70.2 cm³/mol. The molecule has 0 aliphatic carbocycles. The molecule has 0 unspecified atom stereocenters. The summed E-state index contributed by atoms with van der Waals surface area (Å²) in [4.78, 5) is 1.30. The molecule has 4 nitrogen and oxygen atoms in total. The molecule has 1 rings (SSSR count). The highest BCUT2D eigenvalue weighted by atomic mass is 79.9. The van der Waals surface area contributed by atoms with Gasteiger partial charge in [0.05, 0.1) is 3.79 Å². The first-order valence-electron chi connectivity index (χ1n) is 4.82. The maximum absolute atomic E-state index is 11.6. The van der Waals surface area contributed by atoms with Crippen LogP contribution in [0.5, 0.6) is 0 Å². The highest BCUT2D eigenvalue weighted by Gasteiger charge is 2.18. The SMILES string of the molecule is CNS(=O)(=O)c1cc(CNC(C)C)sc1Br. The van der Waals surface area contributed by atoms with Crippen molar-refractivity contribution in [1.82, 2.24) is 10.0 Å². The first-order valence-corrected chi connectivity index (χ1v) is 7.91. The zero-order valence-corrected chi connectivity index (χ0v) is 12.6. The van der Waals surface area contributed by atoms with Crippen LogP contribution in [0.3, 0.4) is 0 Å². The number of hydrogen-bond acceptors (Lipinski definition) is 4. The van der Waals surface area contributed by atoms with Gasteiger partial charge in [-0.3, -0.25) is 0 Å². The molecule has 0 bridgehead atoms. The number of halogens is 1. The van der Waals surface area contributed by atoms with Crippen LogP contribution in [-0.4, -0.2) is 21.5 Å². The Balaban J connectivity index is 2.91. The van der Waals surface area contributed by atoms with Crippen LogP contribution in [0.1, 0.15) is 18.7 Å². The minimum Gasteiger partial charge on any atom is -0.310 e. The van der Waals surface area contributed by atoms with Gasteiger partial charge in [-0.25, -0.2) is 13.1 Å². The predicted octanol–water partition coefficient (Wildman–Crippen LogP) is 1.92. The van der Waals surface area contributed by atoms with Crippen LogP contribution in [0.25, 0.3) is 0 Å². The Kier molecular flexibility index (Phi) is 4.93. The maximum Gasteiger partial charge on any atom is 0.242 e. The second kappa shape index (κ2) is 5.59. The maximum atomic E-state index is 11.6. The smallest absolute Gasteiger partial charge is 0.242 e. The molecule has 16 heavy (non-hydrogen) atoms. The third kappa shape index (κ3) is 3.53. The summed E-state index contributed by atoms with van der Waals surface area (Å²) in [5.74, 6) is 0. The Morgan fingerprint density at radius 2 is 2.12 bits per heavy atom. The summed E-state index contributed by atoms with van der Waals surface area (Å²) in [7, 11) is -1.95. The summed E-state index contributed by atoms with van der Waals surface area (Å²) < 4.78 is 26.2. The molecule has 0 aliphatic heterocycles. The molecule has 0 fully saturated rings. The summed E-state index contributed by atoms with van der Waals surface area (Å²) in [5.41, 5.74) is 0. The molecule has 0 aliphatic rings. The van der Waals surface area contributed by atoms with Crippen LogP contribution in [0.15, 0.2) is 14.7 Å². The third-order valence-corrected chi connectivity index (χ3v) is 5.62. The van der Waals surface area contributed by atoms with Gasteiger partial charge < -0.3 is 5.32 Å². The average Bonchev–Trinajstić information content (AvgIpc) is 2.57. The molecule has 1 heterocycles. The van der Waals surface area contributed by atoms with E-state index >= 15 is 0 Å². The second-order valence-corrected chi connectivity index (χ2v) is 7.90. The monoisotopic (exact) mass is 326 g/mol. The molecule has 0 saturated carbocycles. The topological polar surface area (TPSA) is 58.2 Å². The summed E-state index contributed by atoms with van der Waals surface area (Å²) in [6.45, 7) is 4.78. The van der Waals surface area contributed by atoms with Crippen molar-refractivity contribution in [3.05, 3.63) is 14.7 Å². The molecular formula is C9H15BrN2O2S2. The van der Waals surface area contributed by atoms with Crippen molar-refractivity contribution in [3.8, 4) is 0 Å². The largest absolute Gasteiger partial charge is 0.310 e. The lowest BCUT2D eigenvalue weighted by atomic mass is 10.4. The van der Waals surface area contributed by atoms with Crippen LogP contribution in [-0.2, 0) is 16.6 Å². The van der Waals surface area contributed by atoms with Gasteiger partial charge in [-0.2, -0.15) is 0 Å². The van der Waals surface area contributed by atoms with Crippen molar-refractivity contribution in [3.63, 3.8) is 0 Å². The van der Waals surface area contributed by atoms with Gasteiger partial charge in [0.15, 0.2) is 0 Å². The van der Waals surface area contributed by atoms with Gasteiger partial charge in [-0.05, 0) is 29.0 Å². The molecule has 1 aromatic rings. The third-order valence-electron chi connectivity index (χ3n) is 1.95. The molecule has 0 saturated heterocycles. The zero-order chi connectivity index (χ0) is 12.3. The van der Waals surface area contributed by atoms with E-state index in [2.05, 4.69) is 26.0 Å². The van der Waals surface area contributed by atoms with Crippen molar-refractivity contribution in [1.29, 1.82) is 0 Å². The molecule has 0 atom stereocenters. The van der Waals surface area contributed by atoms with Crippen molar-refractivity contribution in [2.75, 3.05) is 7.05 Å². The Hall–Kier alpha value is 0.0500. The van der Waals surface area contributed by atoms with E-state index in [1.807, 2.05) is 13.8 Å². The summed E-state index contributed by atoms with van der Waals surface area (Å²) >= 11 is 4.71. The Morgan fingerprint density at radius 3 is 2.62 bits per heavy atom. The van der Waals surface area contributed by atoms with Crippen molar-refractivity contribution in [2.45, 2.75) is 31.3 Å². The second-order valence-electron chi connectivity index (χ2n) is 3.59. The minimum atomic E-state index is -3.36. The Morgan fingerprint density at radius 1 is 1.50 bits per heavy atom. The van der Waals surface area contributed by atoms with E-state index < -0.39 is 10.0 Å². The quantitative estimate of drug-likeness (QED) is 0.869. The van der Waals surface area contributed by atoms with Gasteiger partial charge in [0.1, 0.15) is 4.90 Å². The summed E-state index contributed by atoms with van der Waals surface area (Å²) in [6.07, 6.45) is 0. The summed E-state index contributed by atoms with van der Waals surface area (Å²) in [5, 5.41) is 3.25. The van der Waals surface area contributed by atoms with Crippen molar-refractivity contribution >= 4 is 37.3 Å². The van der Waals surface area contributed by atoms with Crippen LogP contribution >= 0.6 is 27.3 Å². The Labute approximate surface area is 109 Å². The van der Waals surface area contributed by atoms with Gasteiger partial charge in [0.2, 0.25) is 10.0 Å². The van der Waals surface area contributed by atoms with Crippen LogP contribution < -0.4 is 10.0 Å². The molecule has 7 heteroatoms. The van der Waals surface area contributed by atoms with Gasteiger partial charge >= 0.3 is 0 Å². The van der Waals surface area contributed by atoms with Gasteiger partial charge in [-0.15, -0.1) is 11.3 Å². The van der Waals surface area contributed by atoms with Crippen molar-refractivity contribution < 1.29 is 8.42 Å². The minimum absolute atomic E-state index is 0.306. The Bertz CT molecular complexity index is 454. The molecular weight excluding hydrogens is 312 g/mol. The lowest BCUT2D eigenvalue weighted by Gasteiger charge is -2.05. The highest BCUT2D eigenvalue weighted by molar-refractivity contribution is 9.11. The fourth-order valence-corrected chi connectivity index (χ4v) is 4.44. The van der Waals surface area contributed by atoms with Gasteiger partial charge in [0.25, 0.3) is 0 Å². The van der Waals surface area contributed by atoms with E-state index in [-0.39, 0.29) is 0 Å². The number of sulfonamides is 1. The lowest BCUT2D eigenvalue weighted by molar-refractivity contribution is 0.586. The zero-order valence-electron chi connectivity index (χ0n) is 9.37. The van der Waals surface area contributed by atoms with Crippen LogP contribution in [0, 0.1) is 0 Å². The standard InChI is InChI=1S/C9H15BrN2O2S2/c1-6(2)12-5-7-4-8(9(10)15-7)16(13,14)11-3/h4,6,11-12H,5H2,1-3H3. The van der Waals surface area contributed by atoms with E-state index in [4.69, 9.17) is 0 Å². The number of hydrogen-bond donors (Lipinski definition) is 2. The number of rotatable bonds is 5. The first-order chi connectivity index (χ1) is 7.36. The van der Waals surface area contributed by atoms with E-state index in [0.29, 0.717) is 21.3 Å². The molecule has 0 amide bonds. The van der Waals surface area contributed by atoms with Gasteiger partial charge in [0, 0.05) is 17.5 Å². The highest BCUT2D eigenvalue weighted by Crippen LogP contribution is 2.31. The number of nitrogens with one attached hydrogen (secondary N) is 2. The van der Waals surface area contributed by atoms with E-state index in [0.717, 1.165) is 4.88 Å². The summed E-state index contributed by atoms with van der Waals surface area (Å²) in [6, 6.07) is 2.07. The van der Waals surface area contributed by atoms with E-state index in [1.165, 1.54) is 18.4 Å². The fourth-order valence-electron chi connectivity index (χ4n) is 1.08. The van der Waals surface area contributed by atoms with E-state index in [1.54, 1.807) is 6.07 Å². The van der Waals surface area contributed by atoms with Crippen LogP contribution in [0.4, 0.5) is 0 Å². The van der Waals surface area contributed by atoms with Crippen LogP contribution in [0.2, 0.25) is 0 Å². The normalized spacial score (nSPS) is 12.3. The average molecular weight is 327 g/mol. The molecule has 0 spiro atoms. The van der Waals surface area contributed by atoms with Gasteiger partial charge in [-0.1, -0.05) is 13.8 Å². The van der Waals surface area contributed by atoms with E-state index in [9.17, 15) is 8.42 Å². The first kappa shape index (κ1) is 14.1.